The van der Waals surface area contributed by atoms with Crippen molar-refractivity contribution in [3.8, 4) is 0 Å². The van der Waals surface area contributed by atoms with E-state index in [1.165, 1.54) is 16.9 Å². The molecule has 4 heteroatoms. The molecule has 3 rings (SSSR count). The van der Waals surface area contributed by atoms with E-state index in [9.17, 15) is 0 Å². The summed E-state index contributed by atoms with van der Waals surface area (Å²) >= 11 is 5.96. The monoisotopic (exact) mass is 273 g/mol. The highest BCUT2D eigenvalue weighted by molar-refractivity contribution is 6.29. The first-order valence-electron chi connectivity index (χ1n) is 6.44. The minimum atomic E-state index is 0.446. The predicted octanol–water partition coefficient (Wildman–Crippen LogP) is 3.56. The summed E-state index contributed by atoms with van der Waals surface area (Å²) in [5.41, 5.74) is 3.62. The number of nitrogens with one attached hydrogen (secondary N) is 1. The van der Waals surface area contributed by atoms with Gasteiger partial charge >= 0.3 is 0 Å². The molecule has 1 atom stereocenters. The van der Waals surface area contributed by atoms with Crippen LogP contribution in [-0.2, 0) is 6.54 Å². The van der Waals surface area contributed by atoms with Gasteiger partial charge in [0.1, 0.15) is 5.15 Å². The molecule has 0 saturated carbocycles. The second-order valence-corrected chi connectivity index (χ2v) is 5.25. The van der Waals surface area contributed by atoms with Gasteiger partial charge in [0.2, 0.25) is 0 Å². The van der Waals surface area contributed by atoms with Crippen molar-refractivity contribution in [2.45, 2.75) is 19.5 Å². The van der Waals surface area contributed by atoms with E-state index >= 15 is 0 Å². The number of rotatable bonds is 2. The Morgan fingerprint density at radius 3 is 3.05 bits per heavy atom. The highest BCUT2D eigenvalue weighted by Crippen LogP contribution is 2.32. The number of anilines is 2. The van der Waals surface area contributed by atoms with E-state index in [0.29, 0.717) is 11.2 Å². The first-order valence-corrected chi connectivity index (χ1v) is 6.82. The number of pyridine rings is 1. The Bertz CT molecular complexity index is 585. The molecule has 1 unspecified atom stereocenters. The number of aromatic nitrogens is 1. The van der Waals surface area contributed by atoms with E-state index in [2.05, 4.69) is 46.4 Å². The predicted molar refractivity (Wildman–Crippen MR) is 79.8 cm³/mol. The minimum absolute atomic E-state index is 0.446. The Balaban J connectivity index is 1.91. The normalized spacial score (nSPS) is 17.8. The van der Waals surface area contributed by atoms with Crippen LogP contribution in [0.4, 0.5) is 11.4 Å². The van der Waals surface area contributed by atoms with Crippen LogP contribution in [0.5, 0.6) is 0 Å². The van der Waals surface area contributed by atoms with Gasteiger partial charge in [-0.3, -0.25) is 0 Å². The second kappa shape index (κ2) is 5.10. The third-order valence-corrected chi connectivity index (χ3v) is 3.68. The summed E-state index contributed by atoms with van der Waals surface area (Å²) in [6, 6.07) is 12.8. The summed E-state index contributed by atoms with van der Waals surface area (Å²) in [4.78, 5) is 6.43. The molecule has 1 aliphatic rings. The van der Waals surface area contributed by atoms with Gasteiger partial charge in [-0.05, 0) is 36.8 Å². The summed E-state index contributed by atoms with van der Waals surface area (Å²) < 4.78 is 0. The van der Waals surface area contributed by atoms with Gasteiger partial charge in [0.05, 0.1) is 11.4 Å². The lowest BCUT2D eigenvalue weighted by molar-refractivity contribution is 0.641. The summed E-state index contributed by atoms with van der Waals surface area (Å²) in [7, 11) is 0. The van der Waals surface area contributed by atoms with Crippen molar-refractivity contribution >= 4 is 23.0 Å². The average Bonchev–Trinajstić information content (AvgIpc) is 2.42. The molecule has 19 heavy (non-hydrogen) atoms. The molecule has 1 N–H and O–H groups in total. The van der Waals surface area contributed by atoms with Gasteiger partial charge in [-0.2, -0.15) is 0 Å². The van der Waals surface area contributed by atoms with Crippen molar-refractivity contribution in [1.82, 2.24) is 4.98 Å². The second-order valence-electron chi connectivity index (χ2n) is 4.86. The van der Waals surface area contributed by atoms with E-state index in [1.807, 2.05) is 12.1 Å². The Morgan fingerprint density at radius 2 is 2.21 bits per heavy atom. The van der Waals surface area contributed by atoms with Crippen LogP contribution >= 0.6 is 11.6 Å². The maximum atomic E-state index is 5.96. The highest BCUT2D eigenvalue weighted by Gasteiger charge is 2.22. The van der Waals surface area contributed by atoms with Gasteiger partial charge in [-0.25, -0.2) is 4.98 Å². The van der Waals surface area contributed by atoms with Crippen molar-refractivity contribution in [3.05, 3.63) is 53.3 Å². The first kappa shape index (κ1) is 12.3. The topological polar surface area (TPSA) is 28.2 Å². The van der Waals surface area contributed by atoms with Crippen LogP contribution in [0.25, 0.3) is 0 Å². The van der Waals surface area contributed by atoms with Gasteiger partial charge in [-0.15, -0.1) is 0 Å². The molecule has 0 radical (unpaired) electrons. The molecule has 0 fully saturated rings. The maximum Gasteiger partial charge on any atom is 0.129 e. The number of nitrogens with zero attached hydrogens (tertiary/aromatic N) is 2. The molecular weight excluding hydrogens is 258 g/mol. The summed E-state index contributed by atoms with van der Waals surface area (Å²) in [5.74, 6) is 0. The van der Waals surface area contributed by atoms with Gasteiger partial charge < -0.3 is 10.2 Å². The molecule has 1 aliphatic heterocycles. The van der Waals surface area contributed by atoms with E-state index in [1.54, 1.807) is 6.20 Å². The molecular formula is C15H16ClN3. The lowest BCUT2D eigenvalue weighted by atomic mass is 10.1. The SMILES string of the molecule is CC1CNc2ccccc2N1Cc1ccnc(Cl)c1. The number of para-hydroxylation sites is 2. The van der Waals surface area contributed by atoms with E-state index < -0.39 is 0 Å². The van der Waals surface area contributed by atoms with Gasteiger partial charge in [0.15, 0.2) is 0 Å². The first-order chi connectivity index (χ1) is 9.24. The quantitative estimate of drug-likeness (QED) is 0.848. The Kier molecular flexibility index (Phi) is 3.30. The molecule has 1 aromatic heterocycles. The van der Waals surface area contributed by atoms with E-state index in [4.69, 9.17) is 11.6 Å². The summed E-state index contributed by atoms with van der Waals surface area (Å²) in [5, 5.41) is 4.01. The summed E-state index contributed by atoms with van der Waals surface area (Å²) in [6.45, 7) is 4.03. The zero-order valence-electron chi connectivity index (χ0n) is 10.8. The third-order valence-electron chi connectivity index (χ3n) is 3.48. The fourth-order valence-electron chi connectivity index (χ4n) is 2.46. The standard InChI is InChI=1S/C15H16ClN3/c1-11-9-18-13-4-2-3-5-14(13)19(11)10-12-6-7-17-15(16)8-12/h2-8,11,18H,9-10H2,1H3. The van der Waals surface area contributed by atoms with Crippen LogP contribution in [0.1, 0.15) is 12.5 Å². The molecule has 3 nitrogen and oxygen atoms in total. The maximum absolute atomic E-state index is 5.96. The lowest BCUT2D eigenvalue weighted by Gasteiger charge is -2.37. The molecule has 2 aromatic rings. The van der Waals surface area contributed by atoms with Crippen molar-refractivity contribution in [2.75, 3.05) is 16.8 Å². The van der Waals surface area contributed by atoms with Crippen LogP contribution in [0, 0.1) is 0 Å². The van der Waals surface area contributed by atoms with Crippen molar-refractivity contribution in [3.63, 3.8) is 0 Å². The Morgan fingerprint density at radius 1 is 1.37 bits per heavy atom. The van der Waals surface area contributed by atoms with Crippen molar-refractivity contribution in [1.29, 1.82) is 0 Å². The molecule has 0 bridgehead atoms. The van der Waals surface area contributed by atoms with Crippen molar-refractivity contribution in [2.24, 2.45) is 0 Å². The molecule has 1 aromatic carbocycles. The van der Waals surface area contributed by atoms with Crippen molar-refractivity contribution < 1.29 is 0 Å². The Labute approximate surface area is 118 Å². The largest absolute Gasteiger partial charge is 0.381 e. The number of fused-ring (bicyclic) bond motifs is 1. The zero-order chi connectivity index (χ0) is 13.2. The fourth-order valence-corrected chi connectivity index (χ4v) is 2.65. The van der Waals surface area contributed by atoms with Crippen LogP contribution in [-0.4, -0.2) is 17.6 Å². The average molecular weight is 274 g/mol. The number of hydrogen-bond acceptors (Lipinski definition) is 3. The van der Waals surface area contributed by atoms with Crippen LogP contribution in [0.15, 0.2) is 42.6 Å². The molecule has 0 aliphatic carbocycles. The molecule has 98 valence electrons. The van der Waals surface area contributed by atoms with Gasteiger partial charge in [0.25, 0.3) is 0 Å². The van der Waals surface area contributed by atoms with E-state index in [-0.39, 0.29) is 0 Å². The third kappa shape index (κ3) is 2.51. The fraction of sp³-hybridized carbons (Fsp3) is 0.267. The molecule has 0 saturated heterocycles. The van der Waals surface area contributed by atoms with Crippen LogP contribution in [0.2, 0.25) is 5.15 Å². The van der Waals surface area contributed by atoms with Gasteiger partial charge in [0, 0.05) is 25.3 Å². The number of halogens is 1. The number of benzene rings is 1. The molecule has 2 heterocycles. The van der Waals surface area contributed by atoms with Crippen LogP contribution in [0.3, 0.4) is 0 Å². The Hall–Kier alpha value is -1.74. The smallest absolute Gasteiger partial charge is 0.129 e. The zero-order valence-corrected chi connectivity index (χ0v) is 11.6. The van der Waals surface area contributed by atoms with Gasteiger partial charge in [-0.1, -0.05) is 23.7 Å². The lowest BCUT2D eigenvalue weighted by Crippen LogP contribution is -2.41. The van der Waals surface area contributed by atoms with Crippen LogP contribution < -0.4 is 10.2 Å². The molecule has 0 amide bonds. The minimum Gasteiger partial charge on any atom is -0.381 e. The van der Waals surface area contributed by atoms with E-state index in [0.717, 1.165) is 13.1 Å². The summed E-state index contributed by atoms with van der Waals surface area (Å²) in [6.07, 6.45) is 1.76. The molecule has 0 spiro atoms. The number of hydrogen-bond donors (Lipinski definition) is 1. The highest BCUT2D eigenvalue weighted by atomic mass is 35.5.